The summed E-state index contributed by atoms with van der Waals surface area (Å²) >= 11 is 0. The van der Waals surface area contributed by atoms with Crippen LogP contribution in [0.25, 0.3) is 0 Å². The third-order valence-electron chi connectivity index (χ3n) is 5.35. The summed E-state index contributed by atoms with van der Waals surface area (Å²) in [6, 6.07) is 0. The minimum atomic E-state index is -0.658. The van der Waals surface area contributed by atoms with E-state index in [-0.39, 0.29) is 36.0 Å². The molecule has 2 bridgehead atoms. The Morgan fingerprint density at radius 1 is 1.26 bits per heavy atom. The smallest absolute Gasteiger partial charge is 0.334 e. The standard InChI is InChI=1S/C21H26O6/c1-5-6-12(3)19(22)26-16-8-11(2)7-15-9-14(21(24)25-15)10-17-18(16)13(4)20(23)27-17/h8-9,12,15-18H,4-7,10H2,1-3H3/b11-8+/t12?,15-,16-,17+,18+/m1/s1. The summed E-state index contributed by atoms with van der Waals surface area (Å²) in [6.07, 6.45) is 4.39. The third kappa shape index (κ3) is 3.99. The average molecular weight is 374 g/mol. The number of hydrogen-bond donors (Lipinski definition) is 0. The first-order chi connectivity index (χ1) is 12.8. The second-order valence-electron chi connectivity index (χ2n) is 7.64. The molecular formula is C21H26O6. The van der Waals surface area contributed by atoms with Gasteiger partial charge in [-0.15, -0.1) is 0 Å². The fourth-order valence-corrected chi connectivity index (χ4v) is 3.91. The molecule has 1 unspecified atom stereocenters. The molecule has 27 heavy (non-hydrogen) atoms. The van der Waals surface area contributed by atoms with Gasteiger partial charge in [-0.25, -0.2) is 9.59 Å². The van der Waals surface area contributed by atoms with E-state index in [1.807, 2.05) is 26.8 Å². The lowest BCUT2D eigenvalue weighted by Crippen LogP contribution is -2.34. The summed E-state index contributed by atoms with van der Waals surface area (Å²) in [4.78, 5) is 36.8. The molecule has 0 saturated carbocycles. The summed E-state index contributed by atoms with van der Waals surface area (Å²) < 4.78 is 16.6. The molecule has 0 radical (unpaired) electrons. The van der Waals surface area contributed by atoms with Crippen molar-refractivity contribution in [3.05, 3.63) is 35.5 Å². The van der Waals surface area contributed by atoms with Gasteiger partial charge in [-0.05, 0) is 25.5 Å². The van der Waals surface area contributed by atoms with Crippen molar-refractivity contribution < 1.29 is 28.6 Å². The normalized spacial score (nSPS) is 33.2. The van der Waals surface area contributed by atoms with Crippen LogP contribution in [0.15, 0.2) is 35.5 Å². The largest absolute Gasteiger partial charge is 0.458 e. The molecule has 5 atom stereocenters. The maximum Gasteiger partial charge on any atom is 0.334 e. The van der Waals surface area contributed by atoms with Gasteiger partial charge in [-0.3, -0.25) is 4.79 Å². The summed E-state index contributed by atoms with van der Waals surface area (Å²) in [5, 5.41) is 0. The number of ether oxygens (including phenoxy) is 3. The molecule has 2 heterocycles. The average Bonchev–Trinajstić information content (AvgIpc) is 3.06. The molecule has 146 valence electrons. The number of carbonyl (C=O) groups is 3. The van der Waals surface area contributed by atoms with Crippen LogP contribution in [-0.2, 0) is 28.6 Å². The van der Waals surface area contributed by atoms with Crippen molar-refractivity contribution in [1.29, 1.82) is 0 Å². The van der Waals surface area contributed by atoms with E-state index in [9.17, 15) is 14.4 Å². The molecule has 3 aliphatic rings. The van der Waals surface area contributed by atoms with Gasteiger partial charge in [0.15, 0.2) is 0 Å². The highest BCUT2D eigenvalue weighted by molar-refractivity contribution is 5.93. The number of rotatable bonds is 4. The number of carbonyl (C=O) groups excluding carboxylic acids is 3. The molecular weight excluding hydrogens is 348 g/mol. The van der Waals surface area contributed by atoms with Gasteiger partial charge in [0, 0.05) is 24.0 Å². The number of fused-ring (bicyclic) bond motifs is 2. The van der Waals surface area contributed by atoms with Gasteiger partial charge in [0.05, 0.1) is 11.8 Å². The third-order valence-corrected chi connectivity index (χ3v) is 5.35. The number of esters is 3. The maximum atomic E-state index is 12.5. The van der Waals surface area contributed by atoms with Gasteiger partial charge in [-0.2, -0.15) is 0 Å². The van der Waals surface area contributed by atoms with Crippen LogP contribution in [0.3, 0.4) is 0 Å². The Hall–Kier alpha value is -2.37. The molecule has 1 saturated heterocycles. The molecule has 0 aromatic rings. The van der Waals surface area contributed by atoms with Crippen molar-refractivity contribution in [1.82, 2.24) is 0 Å². The Labute approximate surface area is 159 Å². The second kappa shape index (κ2) is 7.71. The van der Waals surface area contributed by atoms with Crippen molar-refractivity contribution in [2.45, 2.75) is 64.8 Å². The van der Waals surface area contributed by atoms with E-state index in [4.69, 9.17) is 14.2 Å². The highest BCUT2D eigenvalue weighted by atomic mass is 16.6. The van der Waals surface area contributed by atoms with Crippen LogP contribution in [-0.4, -0.2) is 36.2 Å². The summed E-state index contributed by atoms with van der Waals surface area (Å²) in [5.74, 6) is -1.94. The van der Waals surface area contributed by atoms with Crippen LogP contribution in [0.4, 0.5) is 0 Å². The number of hydrogen-bond acceptors (Lipinski definition) is 6. The molecule has 0 amide bonds. The van der Waals surface area contributed by atoms with Gasteiger partial charge in [-0.1, -0.05) is 32.4 Å². The summed E-state index contributed by atoms with van der Waals surface area (Å²) in [6.45, 7) is 9.60. The van der Waals surface area contributed by atoms with Gasteiger partial charge in [0.1, 0.15) is 18.3 Å². The molecule has 1 aliphatic carbocycles. The molecule has 0 spiro atoms. The Kier molecular flexibility index (Phi) is 5.53. The lowest BCUT2D eigenvalue weighted by Gasteiger charge is -2.27. The first-order valence-corrected chi connectivity index (χ1v) is 9.49. The Morgan fingerprint density at radius 2 is 2.00 bits per heavy atom. The molecule has 2 aliphatic heterocycles. The quantitative estimate of drug-likeness (QED) is 0.326. The highest BCUT2D eigenvalue weighted by Crippen LogP contribution is 2.38. The molecule has 3 rings (SSSR count). The first-order valence-electron chi connectivity index (χ1n) is 9.49. The fraction of sp³-hybridized carbons (Fsp3) is 0.571. The van der Waals surface area contributed by atoms with E-state index in [2.05, 4.69) is 6.58 Å². The molecule has 6 nitrogen and oxygen atoms in total. The van der Waals surface area contributed by atoms with Crippen molar-refractivity contribution in [3.63, 3.8) is 0 Å². The van der Waals surface area contributed by atoms with Crippen molar-refractivity contribution in [2.24, 2.45) is 11.8 Å². The Balaban J connectivity index is 1.92. The zero-order valence-corrected chi connectivity index (χ0v) is 16.0. The van der Waals surface area contributed by atoms with Gasteiger partial charge >= 0.3 is 17.9 Å². The topological polar surface area (TPSA) is 78.9 Å². The predicted octanol–water partition coefficient (Wildman–Crippen LogP) is 3.02. The minimum Gasteiger partial charge on any atom is -0.458 e. The fourth-order valence-electron chi connectivity index (χ4n) is 3.91. The van der Waals surface area contributed by atoms with E-state index >= 15 is 0 Å². The zero-order valence-electron chi connectivity index (χ0n) is 16.0. The van der Waals surface area contributed by atoms with Gasteiger partial charge < -0.3 is 14.2 Å². The van der Waals surface area contributed by atoms with Crippen LogP contribution in [0.2, 0.25) is 0 Å². The summed E-state index contributed by atoms with van der Waals surface area (Å²) in [5.41, 5.74) is 1.68. The van der Waals surface area contributed by atoms with E-state index in [0.717, 1.165) is 18.4 Å². The molecule has 0 aromatic carbocycles. The van der Waals surface area contributed by atoms with E-state index in [0.29, 0.717) is 12.0 Å². The molecule has 6 heteroatoms. The van der Waals surface area contributed by atoms with Crippen LogP contribution in [0, 0.1) is 11.8 Å². The van der Waals surface area contributed by atoms with Gasteiger partial charge in [0.25, 0.3) is 0 Å². The van der Waals surface area contributed by atoms with Crippen molar-refractivity contribution in [3.8, 4) is 0 Å². The lowest BCUT2D eigenvalue weighted by atomic mass is 9.85. The van der Waals surface area contributed by atoms with Crippen LogP contribution < -0.4 is 0 Å². The summed E-state index contributed by atoms with van der Waals surface area (Å²) in [7, 11) is 0. The lowest BCUT2D eigenvalue weighted by molar-refractivity contribution is -0.154. The Bertz CT molecular complexity index is 731. The second-order valence-corrected chi connectivity index (χ2v) is 7.64. The molecule has 0 N–H and O–H groups in total. The van der Waals surface area contributed by atoms with Crippen LogP contribution in [0.1, 0.15) is 46.5 Å². The SMILES string of the molecule is C=C1C(=O)O[C@H]2CC3=C[C@@H](C/C(C)=C/[C@@H](OC(=O)C(C)CCC)[C@H]12)OC3=O. The van der Waals surface area contributed by atoms with E-state index in [1.165, 1.54) is 0 Å². The van der Waals surface area contributed by atoms with Crippen LogP contribution >= 0.6 is 0 Å². The van der Waals surface area contributed by atoms with Crippen molar-refractivity contribution >= 4 is 17.9 Å². The zero-order chi connectivity index (χ0) is 19.7. The maximum absolute atomic E-state index is 12.5. The molecule has 1 fully saturated rings. The molecule has 0 aromatic heterocycles. The van der Waals surface area contributed by atoms with Crippen LogP contribution in [0.5, 0.6) is 0 Å². The highest BCUT2D eigenvalue weighted by Gasteiger charge is 2.46. The minimum absolute atomic E-state index is 0.229. The van der Waals surface area contributed by atoms with Gasteiger partial charge in [0.2, 0.25) is 0 Å². The monoisotopic (exact) mass is 374 g/mol. The van der Waals surface area contributed by atoms with Crippen molar-refractivity contribution in [2.75, 3.05) is 0 Å². The first kappa shape index (κ1) is 19.4. The Morgan fingerprint density at radius 3 is 2.70 bits per heavy atom. The van der Waals surface area contributed by atoms with E-state index in [1.54, 1.807) is 6.08 Å². The van der Waals surface area contributed by atoms with E-state index < -0.39 is 24.1 Å². The predicted molar refractivity (Wildman–Crippen MR) is 97.4 cm³/mol.